The minimum absolute atomic E-state index is 0.540. The molecule has 2 nitrogen and oxygen atoms in total. The smallest absolute Gasteiger partial charge is 0.452 e. The molecule has 0 amide bonds. The van der Waals surface area contributed by atoms with E-state index in [-0.39, 0.29) is 0 Å². The first-order valence-electron chi connectivity index (χ1n) is 4.28. The highest BCUT2D eigenvalue weighted by Crippen LogP contribution is 2.37. The molecule has 0 aromatic carbocycles. The minimum Gasteiger partial charge on any atom is -0.487 e. The average Bonchev–Trinajstić information content (AvgIpc) is 2.07. The second kappa shape index (κ2) is 5.31. The van der Waals surface area contributed by atoms with E-state index in [2.05, 4.69) is 9.47 Å². The molecule has 0 spiro atoms. The summed E-state index contributed by atoms with van der Waals surface area (Å²) in [6, 6.07) is 0. The maximum atomic E-state index is 12.2. The first-order valence-corrected chi connectivity index (χ1v) is 4.28. The molecule has 0 aromatic heterocycles. The van der Waals surface area contributed by atoms with E-state index in [0.29, 0.717) is 0 Å². The van der Waals surface area contributed by atoms with Crippen LogP contribution >= 0.6 is 0 Å². The van der Waals surface area contributed by atoms with E-state index in [4.69, 9.17) is 0 Å². The Bertz CT molecular complexity index is 226. The van der Waals surface area contributed by atoms with E-state index >= 15 is 0 Å². The second-order valence-electron chi connectivity index (χ2n) is 2.52. The highest BCUT2D eigenvalue weighted by atomic mass is 19.4. The van der Waals surface area contributed by atoms with Crippen LogP contribution in [0, 0.1) is 0 Å². The summed E-state index contributed by atoms with van der Waals surface area (Å²) in [6.45, 7) is 1.21. The fourth-order valence-corrected chi connectivity index (χ4v) is 0.841. The maximum Gasteiger partial charge on any atom is 0.452 e. The summed E-state index contributed by atoms with van der Waals surface area (Å²) in [5, 5.41) is 0. The summed E-state index contributed by atoms with van der Waals surface area (Å²) < 4.78 is 81.4. The van der Waals surface area contributed by atoms with Crippen molar-refractivity contribution in [3.8, 4) is 0 Å². The van der Waals surface area contributed by atoms with E-state index in [1.807, 2.05) is 0 Å². The second-order valence-corrected chi connectivity index (χ2v) is 2.52. The molecule has 0 saturated carbocycles. The molecule has 0 N–H and O–H groups in total. The molecule has 0 aliphatic carbocycles. The predicted molar refractivity (Wildman–Crippen MR) is 42.4 cm³/mol. The number of rotatable bonds is 4. The molecule has 0 fully saturated rings. The van der Waals surface area contributed by atoms with Crippen LogP contribution in [-0.2, 0) is 9.47 Å². The van der Waals surface area contributed by atoms with Gasteiger partial charge >= 0.3 is 12.4 Å². The van der Waals surface area contributed by atoms with Crippen molar-refractivity contribution in [3.05, 3.63) is 11.5 Å². The standard InChI is InChI=1S/C8H10F6O2/c1-3-15-5(7(9,10)11)6(16-4-2)8(12,13)14/h3-4H2,1-2H3. The van der Waals surface area contributed by atoms with Crippen molar-refractivity contribution in [1.82, 2.24) is 0 Å². The molecule has 0 aromatic rings. The van der Waals surface area contributed by atoms with Gasteiger partial charge in [0.1, 0.15) is 0 Å². The molecular formula is C8H10F6O2. The third kappa shape index (κ3) is 4.19. The van der Waals surface area contributed by atoms with Crippen LogP contribution in [0.25, 0.3) is 0 Å². The molecule has 0 aliphatic heterocycles. The predicted octanol–water partition coefficient (Wildman–Crippen LogP) is 3.40. The van der Waals surface area contributed by atoms with Crippen molar-refractivity contribution in [3.63, 3.8) is 0 Å². The first-order chi connectivity index (χ1) is 7.14. The summed E-state index contributed by atoms with van der Waals surface area (Å²) in [6.07, 6.45) is -10.5. The molecule has 0 heterocycles. The third-order valence-electron chi connectivity index (χ3n) is 1.30. The lowest BCUT2D eigenvalue weighted by Crippen LogP contribution is -2.26. The summed E-state index contributed by atoms with van der Waals surface area (Å²) in [7, 11) is 0. The monoisotopic (exact) mass is 252 g/mol. The van der Waals surface area contributed by atoms with Crippen LogP contribution in [0.1, 0.15) is 13.8 Å². The van der Waals surface area contributed by atoms with Crippen molar-refractivity contribution < 1.29 is 35.8 Å². The Kier molecular flexibility index (Phi) is 4.95. The number of hydrogen-bond donors (Lipinski definition) is 0. The fourth-order valence-electron chi connectivity index (χ4n) is 0.841. The quantitative estimate of drug-likeness (QED) is 0.564. The molecule has 16 heavy (non-hydrogen) atoms. The molecule has 0 rings (SSSR count). The van der Waals surface area contributed by atoms with E-state index in [1.165, 1.54) is 0 Å². The molecule has 8 heteroatoms. The number of alkyl halides is 6. The Morgan fingerprint density at radius 1 is 0.750 bits per heavy atom. The van der Waals surface area contributed by atoms with Crippen molar-refractivity contribution in [2.75, 3.05) is 13.2 Å². The highest BCUT2D eigenvalue weighted by molar-refractivity contribution is 5.12. The van der Waals surface area contributed by atoms with Gasteiger partial charge in [-0.2, -0.15) is 26.3 Å². The normalized spacial score (nSPS) is 14.5. The molecule has 0 aliphatic rings. The van der Waals surface area contributed by atoms with Gasteiger partial charge in [0.15, 0.2) is 0 Å². The molecule has 96 valence electrons. The van der Waals surface area contributed by atoms with Crippen LogP contribution in [0.4, 0.5) is 26.3 Å². The molecule has 0 radical (unpaired) electrons. The van der Waals surface area contributed by atoms with Gasteiger partial charge in [0.05, 0.1) is 13.2 Å². The molecule has 0 atom stereocenters. The SMILES string of the molecule is CCOC(=C(OCC)C(F)(F)F)C(F)(F)F. The topological polar surface area (TPSA) is 18.5 Å². The Labute approximate surface area is 87.8 Å². The largest absolute Gasteiger partial charge is 0.487 e. The van der Waals surface area contributed by atoms with Crippen molar-refractivity contribution in [1.29, 1.82) is 0 Å². The van der Waals surface area contributed by atoms with Crippen LogP contribution in [0.5, 0.6) is 0 Å². The number of allylic oxidation sites excluding steroid dienone is 2. The van der Waals surface area contributed by atoms with Crippen molar-refractivity contribution in [2.24, 2.45) is 0 Å². The van der Waals surface area contributed by atoms with E-state index in [0.717, 1.165) is 13.8 Å². The number of hydrogen-bond acceptors (Lipinski definition) is 2. The van der Waals surface area contributed by atoms with Gasteiger partial charge < -0.3 is 9.47 Å². The third-order valence-corrected chi connectivity index (χ3v) is 1.30. The maximum absolute atomic E-state index is 12.2. The van der Waals surface area contributed by atoms with Gasteiger partial charge in [-0.3, -0.25) is 0 Å². The summed E-state index contributed by atoms with van der Waals surface area (Å²) >= 11 is 0. The van der Waals surface area contributed by atoms with E-state index in [9.17, 15) is 26.3 Å². The van der Waals surface area contributed by atoms with Crippen LogP contribution in [0.3, 0.4) is 0 Å². The molecule has 0 unspecified atom stereocenters. The fraction of sp³-hybridized carbons (Fsp3) is 0.750. The summed E-state index contributed by atoms with van der Waals surface area (Å²) in [5.41, 5.74) is 0. The van der Waals surface area contributed by atoms with Gasteiger partial charge in [-0.05, 0) is 13.8 Å². The van der Waals surface area contributed by atoms with Crippen LogP contribution < -0.4 is 0 Å². The van der Waals surface area contributed by atoms with Crippen LogP contribution in [0.15, 0.2) is 11.5 Å². The molecule has 0 bridgehead atoms. The molecule has 0 saturated heterocycles. The number of halogens is 6. The highest BCUT2D eigenvalue weighted by Gasteiger charge is 2.49. The lowest BCUT2D eigenvalue weighted by molar-refractivity contribution is -0.168. The number of ether oxygens (including phenoxy) is 2. The lowest BCUT2D eigenvalue weighted by atomic mass is 10.3. The Morgan fingerprint density at radius 3 is 1.12 bits per heavy atom. The Hall–Kier alpha value is -1.08. The van der Waals surface area contributed by atoms with Crippen LogP contribution in [0.2, 0.25) is 0 Å². The van der Waals surface area contributed by atoms with Gasteiger partial charge in [0, 0.05) is 0 Å². The van der Waals surface area contributed by atoms with Crippen LogP contribution in [-0.4, -0.2) is 25.6 Å². The summed E-state index contributed by atoms with van der Waals surface area (Å²) in [4.78, 5) is 0. The minimum atomic E-state index is -5.24. The van der Waals surface area contributed by atoms with Crippen molar-refractivity contribution in [2.45, 2.75) is 26.2 Å². The zero-order chi connectivity index (χ0) is 13.0. The molecular weight excluding hydrogens is 242 g/mol. The summed E-state index contributed by atoms with van der Waals surface area (Å²) in [5.74, 6) is -4.30. The van der Waals surface area contributed by atoms with Crippen molar-refractivity contribution >= 4 is 0 Å². The zero-order valence-corrected chi connectivity index (χ0v) is 8.50. The Balaban J connectivity index is 5.45. The van der Waals surface area contributed by atoms with Gasteiger partial charge in [0.2, 0.25) is 11.5 Å². The van der Waals surface area contributed by atoms with E-state index < -0.39 is 37.1 Å². The van der Waals surface area contributed by atoms with Gasteiger partial charge in [-0.15, -0.1) is 0 Å². The van der Waals surface area contributed by atoms with Gasteiger partial charge in [0.25, 0.3) is 0 Å². The first kappa shape index (κ1) is 14.9. The Morgan fingerprint density at radius 2 is 1.00 bits per heavy atom. The van der Waals surface area contributed by atoms with Gasteiger partial charge in [-0.1, -0.05) is 0 Å². The average molecular weight is 252 g/mol. The lowest BCUT2D eigenvalue weighted by Gasteiger charge is -2.19. The van der Waals surface area contributed by atoms with Gasteiger partial charge in [-0.25, -0.2) is 0 Å². The zero-order valence-electron chi connectivity index (χ0n) is 8.50. The van der Waals surface area contributed by atoms with E-state index in [1.54, 1.807) is 0 Å².